The number of ether oxygens (including phenoxy) is 1. The molecule has 2 aliphatic rings. The summed E-state index contributed by atoms with van der Waals surface area (Å²) in [5.74, 6) is -2.05. The first-order valence-corrected chi connectivity index (χ1v) is 12.5. The molecule has 3 atom stereocenters. The molecule has 10 heteroatoms. The van der Waals surface area contributed by atoms with Crippen molar-refractivity contribution in [2.24, 2.45) is 11.7 Å². The fourth-order valence-corrected chi connectivity index (χ4v) is 4.82. The van der Waals surface area contributed by atoms with E-state index in [1.165, 1.54) is 17.0 Å². The second-order valence-corrected chi connectivity index (χ2v) is 9.99. The van der Waals surface area contributed by atoms with Crippen LogP contribution in [0.5, 0.6) is 0 Å². The summed E-state index contributed by atoms with van der Waals surface area (Å²) in [6.07, 6.45) is 0.476. The van der Waals surface area contributed by atoms with Gasteiger partial charge in [-0.3, -0.25) is 4.79 Å². The van der Waals surface area contributed by atoms with Gasteiger partial charge in [-0.15, -0.1) is 0 Å². The molecule has 2 heterocycles. The largest absolute Gasteiger partial charge is 0.402 e. The summed E-state index contributed by atoms with van der Waals surface area (Å²) in [7, 11) is 0. The van der Waals surface area contributed by atoms with E-state index < -0.39 is 24.1 Å². The highest BCUT2D eigenvalue weighted by Crippen LogP contribution is 2.37. The summed E-state index contributed by atoms with van der Waals surface area (Å²) >= 11 is 3.42. The number of hydrogen-bond donors (Lipinski definition) is 1. The molecule has 2 aromatic carbocycles. The Morgan fingerprint density at radius 1 is 1.14 bits per heavy atom. The van der Waals surface area contributed by atoms with Gasteiger partial charge in [0, 0.05) is 45.5 Å². The zero-order chi connectivity index (χ0) is 26.3. The van der Waals surface area contributed by atoms with Gasteiger partial charge in [0.25, 0.3) is 5.91 Å². The Bertz CT molecular complexity index is 1390. The third-order valence-electron chi connectivity index (χ3n) is 6.71. The van der Waals surface area contributed by atoms with Gasteiger partial charge in [-0.05, 0) is 61.0 Å². The van der Waals surface area contributed by atoms with Gasteiger partial charge >= 0.3 is 0 Å². The molecule has 6 nitrogen and oxygen atoms in total. The third kappa shape index (κ3) is 4.95. The van der Waals surface area contributed by atoms with Crippen LogP contribution in [0, 0.1) is 11.7 Å². The number of halogens is 4. The van der Waals surface area contributed by atoms with Crippen molar-refractivity contribution in [1.82, 2.24) is 14.7 Å². The van der Waals surface area contributed by atoms with Crippen LogP contribution in [0.1, 0.15) is 25.1 Å². The zero-order valence-electron chi connectivity index (χ0n) is 19.9. The van der Waals surface area contributed by atoms with Crippen LogP contribution in [0.25, 0.3) is 16.9 Å². The highest BCUT2D eigenvalue weighted by atomic mass is 79.9. The van der Waals surface area contributed by atoms with E-state index in [9.17, 15) is 18.0 Å². The molecule has 5 rings (SSSR count). The lowest BCUT2D eigenvalue weighted by Gasteiger charge is -2.28. The molecule has 0 bridgehead atoms. The number of benzene rings is 2. The number of nitrogens with two attached hydrogens (primary N) is 1. The van der Waals surface area contributed by atoms with Crippen molar-refractivity contribution in [2.45, 2.75) is 25.7 Å². The molecule has 1 saturated heterocycles. The maximum atomic E-state index is 14.9. The summed E-state index contributed by atoms with van der Waals surface area (Å²) in [5, 5.41) is 4.72. The molecule has 3 aromatic rings. The molecule has 0 saturated carbocycles. The molecule has 0 radical (unpaired) electrons. The zero-order valence-corrected chi connectivity index (χ0v) is 21.5. The van der Waals surface area contributed by atoms with Gasteiger partial charge in [0.05, 0.1) is 5.69 Å². The minimum absolute atomic E-state index is 0.0144. The molecule has 1 aliphatic carbocycles. The number of carbonyl (C=O) groups is 1. The number of carbonyl (C=O) groups excluding carboxylic acids is 1. The number of hydrogen-bond acceptors (Lipinski definition) is 4. The Kier molecular flexibility index (Phi) is 6.96. The number of alkyl halides is 1. The van der Waals surface area contributed by atoms with Gasteiger partial charge in [0.2, 0.25) is 0 Å². The maximum Gasteiger partial charge on any atom is 0.250 e. The lowest BCUT2D eigenvalue weighted by molar-refractivity contribution is -0.128. The van der Waals surface area contributed by atoms with Crippen molar-refractivity contribution in [2.75, 3.05) is 13.2 Å². The van der Waals surface area contributed by atoms with E-state index in [0.717, 1.165) is 16.2 Å². The van der Waals surface area contributed by atoms with Crippen molar-refractivity contribution in [3.05, 3.63) is 93.8 Å². The molecule has 1 fully saturated rings. The van der Waals surface area contributed by atoms with E-state index in [4.69, 9.17) is 15.6 Å². The normalized spacial score (nSPS) is 22.1. The Balaban J connectivity index is 1.50. The summed E-state index contributed by atoms with van der Waals surface area (Å²) in [5.41, 5.74) is 8.33. The molecule has 192 valence electrons. The van der Waals surface area contributed by atoms with Crippen molar-refractivity contribution in [3.63, 3.8) is 0 Å². The fraction of sp³-hybridized carbons (Fsp3) is 0.259. The van der Waals surface area contributed by atoms with Crippen LogP contribution >= 0.6 is 15.9 Å². The lowest BCUT2D eigenvalue weighted by Crippen LogP contribution is -2.32. The lowest BCUT2D eigenvalue weighted by atomic mass is 9.88. The van der Waals surface area contributed by atoms with Crippen LogP contribution in [-0.4, -0.2) is 39.9 Å². The van der Waals surface area contributed by atoms with E-state index in [2.05, 4.69) is 15.9 Å². The van der Waals surface area contributed by atoms with Crippen molar-refractivity contribution < 1.29 is 22.7 Å². The summed E-state index contributed by atoms with van der Waals surface area (Å²) in [6, 6.07) is 13.3. The van der Waals surface area contributed by atoms with Crippen LogP contribution in [0.15, 0.2) is 82.4 Å². The highest BCUT2D eigenvalue weighted by molar-refractivity contribution is 9.10. The quantitative estimate of drug-likeness (QED) is 0.408. The van der Waals surface area contributed by atoms with Gasteiger partial charge in [0.1, 0.15) is 30.1 Å². The topological polar surface area (TPSA) is 73.4 Å². The molecule has 1 aliphatic heterocycles. The number of allylic oxidation sites excluding steroid dienone is 3. The molecule has 2 N–H and O–H groups in total. The second-order valence-electron chi connectivity index (χ2n) is 9.07. The molecular formula is C27H24BrF3N4O2. The average molecular weight is 573 g/mol. The summed E-state index contributed by atoms with van der Waals surface area (Å²) < 4.78 is 51.5. The number of rotatable bonds is 6. The molecule has 1 aromatic heterocycles. The molecular weight excluding hydrogens is 549 g/mol. The Morgan fingerprint density at radius 2 is 1.84 bits per heavy atom. The summed E-state index contributed by atoms with van der Waals surface area (Å²) in [4.78, 5) is 14.3. The number of amides is 1. The van der Waals surface area contributed by atoms with Crippen LogP contribution in [0.2, 0.25) is 0 Å². The van der Waals surface area contributed by atoms with Crippen molar-refractivity contribution in [3.8, 4) is 16.9 Å². The van der Waals surface area contributed by atoms with Gasteiger partial charge < -0.3 is 15.4 Å². The molecule has 3 unspecified atom stereocenters. The third-order valence-corrected chi connectivity index (χ3v) is 7.23. The van der Waals surface area contributed by atoms with Gasteiger partial charge in [-0.2, -0.15) is 5.10 Å². The SMILES string of the molecule is CC1C(N)=CC(F)=C(CCN2C(=O)COC2c2cn(-c3ccc(Br)cc3)nc2-c2ccc(F)cc2)C1F. The number of aromatic nitrogens is 2. The fourth-order valence-electron chi connectivity index (χ4n) is 4.55. The van der Waals surface area contributed by atoms with Gasteiger partial charge in [-0.25, -0.2) is 17.9 Å². The molecule has 0 spiro atoms. The van der Waals surface area contributed by atoms with Gasteiger partial charge in [-0.1, -0.05) is 22.9 Å². The van der Waals surface area contributed by atoms with E-state index in [0.29, 0.717) is 16.8 Å². The predicted octanol–water partition coefficient (Wildman–Crippen LogP) is 5.74. The van der Waals surface area contributed by atoms with Gasteiger partial charge in [0.15, 0.2) is 6.23 Å². The Labute approximate surface area is 220 Å². The first-order chi connectivity index (χ1) is 17.7. The van der Waals surface area contributed by atoms with Crippen LogP contribution in [0.3, 0.4) is 0 Å². The average Bonchev–Trinajstić information content (AvgIpc) is 3.47. The Hall–Kier alpha value is -3.37. The van der Waals surface area contributed by atoms with Crippen LogP contribution < -0.4 is 5.73 Å². The second kappa shape index (κ2) is 10.2. The molecule has 1 amide bonds. The monoisotopic (exact) mass is 572 g/mol. The minimum atomic E-state index is -1.57. The van der Waals surface area contributed by atoms with E-state index in [1.807, 2.05) is 24.3 Å². The molecule has 37 heavy (non-hydrogen) atoms. The Morgan fingerprint density at radius 3 is 2.54 bits per heavy atom. The number of nitrogens with zero attached hydrogens (tertiary/aromatic N) is 3. The highest BCUT2D eigenvalue weighted by Gasteiger charge is 2.37. The first-order valence-electron chi connectivity index (χ1n) is 11.7. The van der Waals surface area contributed by atoms with E-state index in [1.54, 1.807) is 29.9 Å². The minimum Gasteiger partial charge on any atom is -0.402 e. The van der Waals surface area contributed by atoms with Crippen LogP contribution in [0.4, 0.5) is 13.2 Å². The maximum absolute atomic E-state index is 14.9. The first kappa shape index (κ1) is 25.3. The standard InChI is InChI=1S/C27H24BrF3N4O2/c1-15-23(32)12-22(30)20(25(15)31)10-11-34-24(36)14-37-27(34)21-13-35(19-8-4-17(28)5-9-19)33-26(21)16-2-6-18(29)7-3-16/h2-9,12-13,15,25,27H,10-11,14,32H2,1H3. The van der Waals surface area contributed by atoms with Crippen LogP contribution in [-0.2, 0) is 9.53 Å². The van der Waals surface area contributed by atoms with E-state index >= 15 is 0 Å². The van der Waals surface area contributed by atoms with Crippen molar-refractivity contribution >= 4 is 21.8 Å². The smallest absolute Gasteiger partial charge is 0.250 e. The van der Waals surface area contributed by atoms with E-state index in [-0.39, 0.29) is 42.6 Å². The predicted molar refractivity (Wildman–Crippen MR) is 136 cm³/mol. The van der Waals surface area contributed by atoms with Crippen molar-refractivity contribution in [1.29, 1.82) is 0 Å². The summed E-state index contributed by atoms with van der Waals surface area (Å²) in [6.45, 7) is 1.46.